The van der Waals surface area contributed by atoms with Crippen LogP contribution in [0.3, 0.4) is 0 Å². The molecule has 0 bridgehead atoms. The fourth-order valence-corrected chi connectivity index (χ4v) is 2.22. The number of nitrogens with two attached hydrogens (primary N) is 1. The summed E-state index contributed by atoms with van der Waals surface area (Å²) in [6.07, 6.45) is 2.08. The van der Waals surface area contributed by atoms with E-state index in [0.29, 0.717) is 6.54 Å². The molecule has 2 amide bonds. The Morgan fingerprint density at radius 1 is 1.37 bits per heavy atom. The first-order valence-corrected chi connectivity index (χ1v) is 6.60. The van der Waals surface area contributed by atoms with Crippen molar-refractivity contribution < 1.29 is 9.53 Å². The molecule has 1 saturated heterocycles. The predicted octanol–water partition coefficient (Wildman–Crippen LogP) is 1.79. The van der Waals surface area contributed by atoms with Crippen LogP contribution in [0, 0.1) is 0 Å². The van der Waals surface area contributed by atoms with Crippen molar-refractivity contribution in [3.63, 3.8) is 0 Å². The summed E-state index contributed by atoms with van der Waals surface area (Å²) in [5.74, 6) is 0. The predicted molar refractivity (Wildman–Crippen MR) is 75.0 cm³/mol. The van der Waals surface area contributed by atoms with Crippen molar-refractivity contribution >= 4 is 11.7 Å². The van der Waals surface area contributed by atoms with Gasteiger partial charge in [0.1, 0.15) is 0 Å². The fourth-order valence-electron chi connectivity index (χ4n) is 2.22. The third-order valence-electron chi connectivity index (χ3n) is 3.50. The summed E-state index contributed by atoms with van der Waals surface area (Å²) in [7, 11) is 1.72. The lowest BCUT2D eigenvalue weighted by atomic mass is 10.1. The van der Waals surface area contributed by atoms with E-state index in [4.69, 9.17) is 10.5 Å². The summed E-state index contributed by atoms with van der Waals surface area (Å²) in [5, 5.41) is 2.90. The minimum Gasteiger partial charge on any atom is -0.381 e. The molecule has 0 unspecified atom stereocenters. The molecule has 104 valence electrons. The van der Waals surface area contributed by atoms with E-state index < -0.39 is 0 Å². The third kappa shape index (κ3) is 3.68. The number of urea groups is 1. The lowest BCUT2D eigenvalue weighted by molar-refractivity contribution is 0.0521. The number of likely N-dealkylation sites (tertiary alicyclic amines) is 1. The normalized spacial score (nSPS) is 16.4. The Morgan fingerprint density at radius 2 is 2.00 bits per heavy atom. The van der Waals surface area contributed by atoms with Crippen LogP contribution < -0.4 is 11.1 Å². The molecule has 1 aliphatic rings. The van der Waals surface area contributed by atoms with Gasteiger partial charge in [0.05, 0.1) is 6.10 Å². The van der Waals surface area contributed by atoms with Gasteiger partial charge in [0.2, 0.25) is 0 Å². The molecular formula is C14H21N3O2. The van der Waals surface area contributed by atoms with Gasteiger partial charge in [-0.3, -0.25) is 0 Å². The van der Waals surface area contributed by atoms with E-state index in [0.717, 1.165) is 37.2 Å². The highest BCUT2D eigenvalue weighted by molar-refractivity contribution is 5.89. The van der Waals surface area contributed by atoms with E-state index in [1.807, 2.05) is 29.2 Å². The molecule has 19 heavy (non-hydrogen) atoms. The molecule has 2 rings (SSSR count). The van der Waals surface area contributed by atoms with Crippen molar-refractivity contribution in [3.8, 4) is 0 Å². The second-order valence-electron chi connectivity index (χ2n) is 4.75. The van der Waals surface area contributed by atoms with Crippen LogP contribution in [0.5, 0.6) is 0 Å². The number of nitrogens with zero attached hydrogens (tertiary/aromatic N) is 1. The SMILES string of the molecule is COC1CCN(C(=O)Nc2ccc(CN)cc2)CC1. The molecule has 5 nitrogen and oxygen atoms in total. The number of amides is 2. The number of ether oxygens (including phenoxy) is 1. The largest absolute Gasteiger partial charge is 0.381 e. The smallest absolute Gasteiger partial charge is 0.321 e. The summed E-state index contributed by atoms with van der Waals surface area (Å²) < 4.78 is 5.29. The van der Waals surface area contributed by atoms with E-state index in [9.17, 15) is 4.79 Å². The number of nitrogens with one attached hydrogen (secondary N) is 1. The van der Waals surface area contributed by atoms with Crippen LogP contribution in [0.4, 0.5) is 10.5 Å². The highest BCUT2D eigenvalue weighted by Gasteiger charge is 2.22. The van der Waals surface area contributed by atoms with Crippen molar-refractivity contribution in [2.75, 3.05) is 25.5 Å². The lowest BCUT2D eigenvalue weighted by Crippen LogP contribution is -2.42. The first kappa shape index (κ1) is 13.8. The van der Waals surface area contributed by atoms with Crippen molar-refractivity contribution in [2.24, 2.45) is 5.73 Å². The van der Waals surface area contributed by atoms with Crippen LogP contribution in [0.15, 0.2) is 24.3 Å². The van der Waals surface area contributed by atoms with Crippen LogP contribution >= 0.6 is 0 Å². The maximum Gasteiger partial charge on any atom is 0.321 e. The van der Waals surface area contributed by atoms with Crippen LogP contribution in [0.25, 0.3) is 0 Å². The number of methoxy groups -OCH3 is 1. The summed E-state index contributed by atoms with van der Waals surface area (Å²) in [4.78, 5) is 13.9. The Bertz CT molecular complexity index is 411. The highest BCUT2D eigenvalue weighted by atomic mass is 16.5. The quantitative estimate of drug-likeness (QED) is 0.873. The Labute approximate surface area is 113 Å². The topological polar surface area (TPSA) is 67.6 Å². The van der Waals surface area contributed by atoms with Gasteiger partial charge in [0.25, 0.3) is 0 Å². The van der Waals surface area contributed by atoms with Crippen LogP contribution in [0.2, 0.25) is 0 Å². The number of carbonyl (C=O) groups excluding carboxylic acids is 1. The van der Waals surface area contributed by atoms with Crippen molar-refractivity contribution in [1.29, 1.82) is 0 Å². The van der Waals surface area contributed by atoms with Crippen LogP contribution in [0.1, 0.15) is 18.4 Å². The molecule has 1 aromatic carbocycles. The van der Waals surface area contributed by atoms with Gasteiger partial charge in [-0.1, -0.05) is 12.1 Å². The average Bonchev–Trinajstić information content (AvgIpc) is 2.48. The number of rotatable bonds is 3. The Morgan fingerprint density at radius 3 is 2.53 bits per heavy atom. The van der Waals surface area contributed by atoms with E-state index in [1.54, 1.807) is 7.11 Å². The molecule has 1 heterocycles. The van der Waals surface area contributed by atoms with Gasteiger partial charge in [-0.2, -0.15) is 0 Å². The maximum atomic E-state index is 12.1. The number of hydrogen-bond donors (Lipinski definition) is 2. The molecule has 0 aliphatic carbocycles. The van der Waals surface area contributed by atoms with Gasteiger partial charge in [0, 0.05) is 32.4 Å². The molecule has 0 atom stereocenters. The lowest BCUT2D eigenvalue weighted by Gasteiger charge is -2.31. The molecule has 0 saturated carbocycles. The van der Waals surface area contributed by atoms with Gasteiger partial charge in [-0.25, -0.2) is 4.79 Å². The zero-order valence-corrected chi connectivity index (χ0v) is 11.3. The van der Waals surface area contributed by atoms with Crippen LogP contribution in [-0.4, -0.2) is 37.2 Å². The van der Waals surface area contributed by atoms with Gasteiger partial charge >= 0.3 is 6.03 Å². The first-order chi connectivity index (χ1) is 9.22. The second-order valence-corrected chi connectivity index (χ2v) is 4.75. The van der Waals surface area contributed by atoms with Gasteiger partial charge in [-0.15, -0.1) is 0 Å². The van der Waals surface area contributed by atoms with Crippen LogP contribution in [-0.2, 0) is 11.3 Å². The van der Waals surface area contributed by atoms with Gasteiger partial charge in [0.15, 0.2) is 0 Å². The first-order valence-electron chi connectivity index (χ1n) is 6.60. The summed E-state index contributed by atoms with van der Waals surface area (Å²) >= 11 is 0. The van der Waals surface area contributed by atoms with Crippen molar-refractivity contribution in [1.82, 2.24) is 4.90 Å². The Kier molecular flexibility index (Phi) is 4.76. The standard InChI is InChI=1S/C14H21N3O2/c1-19-13-6-8-17(9-7-13)14(18)16-12-4-2-11(10-15)3-5-12/h2-5,13H,6-10,15H2,1H3,(H,16,18). The van der Waals surface area contributed by atoms with Crippen molar-refractivity contribution in [2.45, 2.75) is 25.5 Å². The summed E-state index contributed by atoms with van der Waals surface area (Å²) in [5.41, 5.74) is 7.39. The monoisotopic (exact) mass is 263 g/mol. The third-order valence-corrected chi connectivity index (χ3v) is 3.50. The minimum atomic E-state index is -0.0462. The number of carbonyl (C=O) groups is 1. The molecule has 5 heteroatoms. The summed E-state index contributed by atoms with van der Waals surface area (Å²) in [6, 6.07) is 7.55. The molecular weight excluding hydrogens is 242 g/mol. The number of piperidine rings is 1. The average molecular weight is 263 g/mol. The highest BCUT2D eigenvalue weighted by Crippen LogP contribution is 2.15. The van der Waals surface area contributed by atoms with E-state index in [2.05, 4.69) is 5.32 Å². The number of anilines is 1. The van der Waals surface area contributed by atoms with Crippen molar-refractivity contribution in [3.05, 3.63) is 29.8 Å². The van der Waals surface area contributed by atoms with E-state index in [1.165, 1.54) is 0 Å². The molecule has 1 aromatic rings. The molecule has 0 aromatic heterocycles. The molecule has 0 radical (unpaired) electrons. The second kappa shape index (κ2) is 6.54. The molecule has 3 N–H and O–H groups in total. The Hall–Kier alpha value is -1.59. The zero-order chi connectivity index (χ0) is 13.7. The zero-order valence-electron chi connectivity index (χ0n) is 11.3. The van der Waals surface area contributed by atoms with Gasteiger partial charge < -0.3 is 20.7 Å². The van der Waals surface area contributed by atoms with E-state index in [-0.39, 0.29) is 12.1 Å². The minimum absolute atomic E-state index is 0.0462. The maximum absolute atomic E-state index is 12.1. The van der Waals surface area contributed by atoms with Gasteiger partial charge in [-0.05, 0) is 30.5 Å². The molecule has 1 fully saturated rings. The molecule has 0 spiro atoms. The fraction of sp³-hybridized carbons (Fsp3) is 0.500. The number of benzene rings is 1. The van der Waals surface area contributed by atoms with E-state index >= 15 is 0 Å². The Balaban J connectivity index is 1.86. The number of hydrogen-bond acceptors (Lipinski definition) is 3. The molecule has 1 aliphatic heterocycles. The summed E-state index contributed by atoms with van der Waals surface area (Å²) in [6.45, 7) is 2.00.